The molecule has 1 N–H and O–H groups in total. The molecule has 1 rings (SSSR count). The lowest BCUT2D eigenvalue weighted by Crippen LogP contribution is -2.39. The molecule has 1 saturated heterocycles. The summed E-state index contributed by atoms with van der Waals surface area (Å²) in [4.78, 5) is 11.0. The van der Waals surface area contributed by atoms with E-state index < -0.39 is 23.8 Å². The molecule has 5 nitrogen and oxygen atoms in total. The molecular weight excluding hydrogens is 212 g/mol. The van der Waals surface area contributed by atoms with Crippen molar-refractivity contribution in [2.45, 2.75) is 31.8 Å². The maximum absolute atomic E-state index is 11.0. The van der Waals surface area contributed by atoms with Crippen molar-refractivity contribution < 1.29 is 24.1 Å². The van der Waals surface area contributed by atoms with Crippen molar-refractivity contribution in [1.82, 2.24) is 0 Å². The van der Waals surface area contributed by atoms with Gasteiger partial charge in [0.2, 0.25) is 0 Å². The standard InChI is InChI=1S/C11H18O5/c1-5-7(9(14-4)10(12)13)8-6-15-11(2,3)16-8/h5,7-9H,1,6H2,2-4H3,(H,12,13)/t7?,8-,9?/m0/s1. The van der Waals surface area contributed by atoms with Crippen LogP contribution in [0, 0.1) is 5.92 Å². The molecule has 0 aromatic carbocycles. The van der Waals surface area contributed by atoms with E-state index in [0.717, 1.165) is 0 Å². The molecule has 1 heterocycles. The molecule has 3 atom stereocenters. The van der Waals surface area contributed by atoms with Crippen LogP contribution in [0.4, 0.5) is 0 Å². The van der Waals surface area contributed by atoms with Crippen molar-refractivity contribution in [2.75, 3.05) is 13.7 Å². The van der Waals surface area contributed by atoms with E-state index >= 15 is 0 Å². The molecule has 0 aliphatic carbocycles. The third-order valence-electron chi connectivity index (χ3n) is 2.58. The first-order chi connectivity index (χ1) is 7.41. The van der Waals surface area contributed by atoms with Crippen LogP contribution in [0.15, 0.2) is 12.7 Å². The number of hydrogen-bond acceptors (Lipinski definition) is 4. The Labute approximate surface area is 95.0 Å². The molecule has 1 fully saturated rings. The number of hydrogen-bond donors (Lipinski definition) is 1. The van der Waals surface area contributed by atoms with E-state index in [0.29, 0.717) is 6.61 Å². The summed E-state index contributed by atoms with van der Waals surface area (Å²) in [6.45, 7) is 7.54. The quantitative estimate of drug-likeness (QED) is 0.715. The lowest BCUT2D eigenvalue weighted by atomic mass is 9.96. The first-order valence-corrected chi connectivity index (χ1v) is 5.11. The molecule has 0 bridgehead atoms. The molecule has 16 heavy (non-hydrogen) atoms. The Bertz CT molecular complexity index is 274. The fourth-order valence-corrected chi connectivity index (χ4v) is 1.80. The van der Waals surface area contributed by atoms with Crippen molar-refractivity contribution in [1.29, 1.82) is 0 Å². The fourth-order valence-electron chi connectivity index (χ4n) is 1.80. The number of carboxylic acid groups (broad SMARTS) is 1. The Balaban J connectivity index is 2.75. The van der Waals surface area contributed by atoms with E-state index in [4.69, 9.17) is 19.3 Å². The van der Waals surface area contributed by atoms with Crippen LogP contribution in [0.2, 0.25) is 0 Å². The number of carboxylic acids is 1. The maximum Gasteiger partial charge on any atom is 0.333 e. The van der Waals surface area contributed by atoms with Gasteiger partial charge in [-0.3, -0.25) is 0 Å². The number of ether oxygens (including phenoxy) is 3. The SMILES string of the molecule is C=CC(C(OC)C(=O)O)[C@@H]1COC(C)(C)O1. The maximum atomic E-state index is 11.0. The van der Waals surface area contributed by atoms with Gasteiger partial charge in [-0.1, -0.05) is 6.08 Å². The molecule has 92 valence electrons. The van der Waals surface area contributed by atoms with Crippen molar-refractivity contribution >= 4 is 5.97 Å². The number of aliphatic carboxylic acids is 1. The second-order valence-corrected chi connectivity index (χ2v) is 4.17. The Morgan fingerprint density at radius 1 is 1.69 bits per heavy atom. The van der Waals surface area contributed by atoms with Gasteiger partial charge >= 0.3 is 5.97 Å². The number of rotatable bonds is 5. The van der Waals surface area contributed by atoms with Crippen molar-refractivity contribution in [3.8, 4) is 0 Å². The topological polar surface area (TPSA) is 65.0 Å². The van der Waals surface area contributed by atoms with Gasteiger partial charge in [0.15, 0.2) is 11.9 Å². The minimum Gasteiger partial charge on any atom is -0.479 e. The molecule has 1 aliphatic heterocycles. The molecule has 0 saturated carbocycles. The Kier molecular flexibility index (Phi) is 4.07. The average molecular weight is 230 g/mol. The first-order valence-electron chi connectivity index (χ1n) is 5.11. The summed E-state index contributed by atoms with van der Waals surface area (Å²) in [6, 6.07) is 0. The van der Waals surface area contributed by atoms with E-state index in [1.165, 1.54) is 13.2 Å². The van der Waals surface area contributed by atoms with Crippen molar-refractivity contribution in [3.63, 3.8) is 0 Å². The van der Waals surface area contributed by atoms with Gasteiger partial charge < -0.3 is 19.3 Å². The summed E-state index contributed by atoms with van der Waals surface area (Å²) in [5.74, 6) is -2.13. The predicted molar refractivity (Wildman–Crippen MR) is 57.0 cm³/mol. The van der Waals surface area contributed by atoms with Crippen LogP contribution in [0.25, 0.3) is 0 Å². The molecule has 5 heteroatoms. The van der Waals surface area contributed by atoms with E-state index in [-0.39, 0.29) is 6.10 Å². The monoisotopic (exact) mass is 230 g/mol. The van der Waals surface area contributed by atoms with Gasteiger partial charge in [-0.25, -0.2) is 4.79 Å². The van der Waals surface area contributed by atoms with Crippen LogP contribution in [-0.4, -0.2) is 42.8 Å². The second-order valence-electron chi connectivity index (χ2n) is 4.17. The minimum atomic E-state index is -1.03. The Hall–Kier alpha value is -0.910. The summed E-state index contributed by atoms with van der Waals surface area (Å²) in [5, 5.41) is 9.00. The highest BCUT2D eigenvalue weighted by Crippen LogP contribution is 2.29. The van der Waals surface area contributed by atoms with Crippen LogP contribution in [0.3, 0.4) is 0 Å². The molecule has 0 radical (unpaired) electrons. The summed E-state index contributed by atoms with van der Waals surface area (Å²) < 4.78 is 15.9. The molecule has 0 spiro atoms. The number of methoxy groups -OCH3 is 1. The van der Waals surface area contributed by atoms with Gasteiger partial charge in [-0.05, 0) is 13.8 Å². The van der Waals surface area contributed by atoms with E-state index in [9.17, 15) is 4.79 Å². The number of carbonyl (C=O) groups is 1. The van der Waals surface area contributed by atoms with Crippen LogP contribution in [0.1, 0.15) is 13.8 Å². The zero-order chi connectivity index (χ0) is 12.3. The molecule has 1 aliphatic rings. The summed E-state index contributed by atoms with van der Waals surface area (Å²) in [7, 11) is 1.36. The molecule has 0 aromatic heterocycles. The predicted octanol–water partition coefficient (Wildman–Crippen LogP) is 1.04. The van der Waals surface area contributed by atoms with Crippen molar-refractivity contribution in [2.24, 2.45) is 5.92 Å². The van der Waals surface area contributed by atoms with Gasteiger partial charge in [0.25, 0.3) is 0 Å². The van der Waals surface area contributed by atoms with Gasteiger partial charge in [0, 0.05) is 13.0 Å². The summed E-state index contributed by atoms with van der Waals surface area (Å²) in [5.41, 5.74) is 0. The van der Waals surface area contributed by atoms with Crippen LogP contribution >= 0.6 is 0 Å². The zero-order valence-electron chi connectivity index (χ0n) is 9.80. The average Bonchev–Trinajstić information content (AvgIpc) is 2.54. The molecule has 0 amide bonds. The van der Waals surface area contributed by atoms with Crippen molar-refractivity contribution in [3.05, 3.63) is 12.7 Å². The van der Waals surface area contributed by atoms with Gasteiger partial charge in [0.05, 0.1) is 12.7 Å². The first kappa shape index (κ1) is 13.2. The smallest absolute Gasteiger partial charge is 0.333 e. The third kappa shape index (κ3) is 2.81. The minimum absolute atomic E-state index is 0.339. The summed E-state index contributed by atoms with van der Waals surface area (Å²) >= 11 is 0. The van der Waals surface area contributed by atoms with Crippen LogP contribution in [-0.2, 0) is 19.0 Å². The largest absolute Gasteiger partial charge is 0.479 e. The Morgan fingerprint density at radius 2 is 2.31 bits per heavy atom. The van der Waals surface area contributed by atoms with Gasteiger partial charge in [-0.2, -0.15) is 0 Å². The zero-order valence-corrected chi connectivity index (χ0v) is 9.80. The Morgan fingerprint density at radius 3 is 2.62 bits per heavy atom. The van der Waals surface area contributed by atoms with Gasteiger partial charge in [-0.15, -0.1) is 6.58 Å². The fraction of sp³-hybridized carbons (Fsp3) is 0.727. The third-order valence-corrected chi connectivity index (χ3v) is 2.58. The molecular formula is C11H18O5. The highest BCUT2D eigenvalue weighted by Gasteiger charge is 2.41. The summed E-state index contributed by atoms with van der Waals surface area (Å²) in [6.07, 6.45) is 0.242. The molecule has 0 aromatic rings. The lowest BCUT2D eigenvalue weighted by molar-refractivity contribution is -0.162. The normalized spacial score (nSPS) is 27.3. The molecule has 2 unspecified atom stereocenters. The van der Waals surface area contributed by atoms with E-state index in [1.54, 1.807) is 13.8 Å². The van der Waals surface area contributed by atoms with Gasteiger partial charge in [0.1, 0.15) is 0 Å². The van der Waals surface area contributed by atoms with E-state index in [1.807, 2.05) is 0 Å². The lowest BCUT2D eigenvalue weighted by Gasteiger charge is -2.25. The van der Waals surface area contributed by atoms with Crippen LogP contribution in [0.5, 0.6) is 0 Å². The highest BCUT2D eigenvalue weighted by atomic mass is 16.7. The van der Waals surface area contributed by atoms with E-state index in [2.05, 4.69) is 6.58 Å². The second kappa shape index (κ2) is 4.95. The highest BCUT2D eigenvalue weighted by molar-refractivity contribution is 5.73. The van der Waals surface area contributed by atoms with Crippen LogP contribution < -0.4 is 0 Å².